The maximum atomic E-state index is 14.4. The smallest absolute Gasteiger partial charge is 0.272 e. The van der Waals surface area contributed by atoms with Gasteiger partial charge in [0.2, 0.25) is 5.91 Å². The lowest BCUT2D eigenvalue weighted by Crippen LogP contribution is -2.55. The molecule has 2 aromatic carbocycles. The number of para-hydroxylation sites is 1. The van der Waals surface area contributed by atoms with Crippen LogP contribution in [0.25, 0.3) is 5.69 Å². The van der Waals surface area contributed by atoms with E-state index in [2.05, 4.69) is 20.6 Å². The minimum Gasteiger partial charge on any atom is -0.348 e. The Morgan fingerprint density at radius 2 is 1.85 bits per heavy atom. The van der Waals surface area contributed by atoms with E-state index in [4.69, 9.17) is 5.10 Å². The predicted octanol–water partition coefficient (Wildman–Crippen LogP) is 3.97. The van der Waals surface area contributed by atoms with E-state index in [1.54, 1.807) is 21.8 Å². The number of carbonyl (C=O) groups excluding carboxylic acids is 3. The van der Waals surface area contributed by atoms with E-state index in [1.165, 1.54) is 6.42 Å². The molecule has 0 unspecified atom stereocenters. The Labute approximate surface area is 274 Å². The third-order valence-electron chi connectivity index (χ3n) is 9.34. The molecule has 1 saturated heterocycles. The molecule has 242 valence electrons. The minimum absolute atomic E-state index is 0.0848. The highest BCUT2D eigenvalue weighted by atomic mass is 16.2. The van der Waals surface area contributed by atoms with Gasteiger partial charge >= 0.3 is 0 Å². The molecule has 4 heterocycles. The van der Waals surface area contributed by atoms with Crippen molar-refractivity contribution in [3.63, 3.8) is 0 Å². The molecule has 7 rings (SSSR count). The number of aromatic nitrogens is 4. The van der Waals surface area contributed by atoms with Crippen LogP contribution < -0.4 is 15.5 Å². The average Bonchev–Trinajstić information content (AvgIpc) is 3.64. The van der Waals surface area contributed by atoms with Crippen LogP contribution >= 0.6 is 0 Å². The van der Waals surface area contributed by atoms with Gasteiger partial charge in [-0.2, -0.15) is 10.2 Å². The second-order valence-electron chi connectivity index (χ2n) is 12.5. The number of allylic oxidation sites excluding steroid dienone is 1. The van der Waals surface area contributed by atoms with Crippen LogP contribution in [0.5, 0.6) is 0 Å². The molecule has 3 aliphatic rings. The van der Waals surface area contributed by atoms with E-state index in [0.29, 0.717) is 31.5 Å². The molecule has 47 heavy (non-hydrogen) atoms. The van der Waals surface area contributed by atoms with Crippen molar-refractivity contribution >= 4 is 23.5 Å². The van der Waals surface area contributed by atoms with Crippen molar-refractivity contribution in [2.24, 2.45) is 0 Å². The highest BCUT2D eigenvalue weighted by Gasteiger charge is 2.44. The number of anilines is 1. The maximum absolute atomic E-state index is 14.4. The maximum Gasteiger partial charge on any atom is 0.272 e. The van der Waals surface area contributed by atoms with Gasteiger partial charge in [-0.15, -0.1) is 0 Å². The van der Waals surface area contributed by atoms with E-state index >= 15 is 0 Å². The first-order chi connectivity index (χ1) is 22.9. The molecule has 2 N–H and O–H groups in total. The molecule has 2 aromatic heterocycles. The largest absolute Gasteiger partial charge is 0.348 e. The van der Waals surface area contributed by atoms with Crippen LogP contribution in [0.15, 0.2) is 84.7 Å². The molecule has 0 radical (unpaired) electrons. The highest BCUT2D eigenvalue weighted by molar-refractivity contribution is 6.04. The summed E-state index contributed by atoms with van der Waals surface area (Å²) in [6, 6.07) is 18.7. The van der Waals surface area contributed by atoms with E-state index in [9.17, 15) is 14.4 Å². The lowest BCUT2D eigenvalue weighted by molar-refractivity contribution is -0.121. The summed E-state index contributed by atoms with van der Waals surface area (Å²) in [6.45, 7) is 7.23. The number of fused-ring (bicyclic) bond motifs is 1. The second-order valence-corrected chi connectivity index (χ2v) is 12.5. The Morgan fingerprint density at radius 1 is 1.04 bits per heavy atom. The quantitative estimate of drug-likeness (QED) is 0.242. The van der Waals surface area contributed by atoms with Crippen molar-refractivity contribution in [2.75, 3.05) is 31.1 Å². The van der Waals surface area contributed by atoms with Crippen molar-refractivity contribution in [3.8, 4) is 5.69 Å². The van der Waals surface area contributed by atoms with Gasteiger partial charge in [0, 0.05) is 42.9 Å². The molecule has 2 aliphatic heterocycles. The van der Waals surface area contributed by atoms with Crippen LogP contribution in [0.4, 0.5) is 5.82 Å². The molecule has 11 nitrogen and oxygen atoms in total. The summed E-state index contributed by atoms with van der Waals surface area (Å²) in [5, 5.41) is 15.4. The number of hydrogen-bond donors (Lipinski definition) is 2. The zero-order valence-corrected chi connectivity index (χ0v) is 26.8. The third kappa shape index (κ3) is 6.10. The normalized spacial score (nSPS) is 19.7. The van der Waals surface area contributed by atoms with Crippen LogP contribution in [0.1, 0.15) is 72.2 Å². The number of amides is 3. The summed E-state index contributed by atoms with van der Waals surface area (Å²) >= 11 is 0. The van der Waals surface area contributed by atoms with E-state index in [0.717, 1.165) is 53.9 Å². The number of rotatable bonds is 11. The van der Waals surface area contributed by atoms with Crippen molar-refractivity contribution < 1.29 is 14.4 Å². The monoisotopic (exact) mass is 632 g/mol. The zero-order valence-electron chi connectivity index (χ0n) is 26.8. The molecule has 3 amide bonds. The Balaban J connectivity index is 1.22. The van der Waals surface area contributed by atoms with Crippen molar-refractivity contribution in [3.05, 3.63) is 107 Å². The summed E-state index contributed by atoms with van der Waals surface area (Å²) in [7, 11) is 0. The van der Waals surface area contributed by atoms with Crippen LogP contribution in [0.2, 0.25) is 0 Å². The first kappa shape index (κ1) is 30.6. The number of likely N-dealkylation sites (tertiary alicyclic amines) is 1. The molecule has 4 aromatic rings. The molecular formula is C36H40N8O3. The lowest BCUT2D eigenvalue weighted by Gasteiger charge is -2.38. The number of hydrogen-bond acceptors (Lipinski definition) is 6. The number of carbonyl (C=O) groups is 3. The number of nitrogens with one attached hydrogen (secondary N) is 2. The lowest BCUT2D eigenvalue weighted by atomic mass is 9.82. The summed E-state index contributed by atoms with van der Waals surface area (Å²) in [6.07, 6.45) is 8.78. The van der Waals surface area contributed by atoms with Crippen molar-refractivity contribution in [1.29, 1.82) is 0 Å². The van der Waals surface area contributed by atoms with Crippen LogP contribution in [-0.4, -0.2) is 74.4 Å². The van der Waals surface area contributed by atoms with Crippen LogP contribution in [0, 0.1) is 0 Å². The van der Waals surface area contributed by atoms with Crippen LogP contribution in [-0.2, 0) is 16.1 Å². The molecule has 1 saturated carbocycles. The second kappa shape index (κ2) is 13.0. The van der Waals surface area contributed by atoms with Gasteiger partial charge in [-0.05, 0) is 75.5 Å². The summed E-state index contributed by atoms with van der Waals surface area (Å²) in [5.74, 6) is -0.550. The minimum atomic E-state index is -0.898. The Morgan fingerprint density at radius 3 is 2.55 bits per heavy atom. The summed E-state index contributed by atoms with van der Waals surface area (Å²) in [5.41, 5.74) is 4.44. The van der Waals surface area contributed by atoms with Gasteiger partial charge in [0.1, 0.15) is 17.6 Å². The first-order valence-corrected chi connectivity index (χ1v) is 16.5. The number of likely N-dealkylation sites (N-methyl/N-ethyl adjacent to an activating group) is 1. The first-order valence-electron chi connectivity index (χ1n) is 16.5. The molecule has 2 atom stereocenters. The third-order valence-corrected chi connectivity index (χ3v) is 9.34. The fraction of sp³-hybridized carbons (Fsp3) is 0.361. The van der Waals surface area contributed by atoms with Gasteiger partial charge in [-0.25, -0.2) is 4.68 Å². The molecular weight excluding hydrogens is 592 g/mol. The molecule has 0 bridgehead atoms. The number of benzene rings is 2. The van der Waals surface area contributed by atoms with Gasteiger partial charge in [0.15, 0.2) is 0 Å². The van der Waals surface area contributed by atoms with Gasteiger partial charge < -0.3 is 10.6 Å². The van der Waals surface area contributed by atoms with Gasteiger partial charge in [-0.3, -0.25) is 28.9 Å². The van der Waals surface area contributed by atoms with Crippen molar-refractivity contribution in [1.82, 2.24) is 35.1 Å². The molecule has 0 spiro atoms. The van der Waals surface area contributed by atoms with Crippen LogP contribution in [0.3, 0.4) is 0 Å². The van der Waals surface area contributed by atoms with E-state index in [-0.39, 0.29) is 17.5 Å². The van der Waals surface area contributed by atoms with Crippen molar-refractivity contribution in [2.45, 2.75) is 57.7 Å². The van der Waals surface area contributed by atoms with E-state index < -0.39 is 17.9 Å². The standard InChI is InChI=1S/C36H40N8O3/c1-3-25(23-41-17-9-18-41)33(45)37-21-24-10-8-11-26(20-24)31-29-22-38-44(28-12-6-5-7-13-28)35(29)42(4-2)36(47)32(31)39-34(46)30-16-19-43(40-30)27-14-15-27/h3,5-8,10-13,16,19-20,22,27,31-32H,4,9,14-15,17-18,21,23H2,1-2H3,(H,37,45)(H,39,46)/b25-3+/t31-,32+/m1/s1. The topological polar surface area (TPSA) is 117 Å². The van der Waals surface area contributed by atoms with E-state index in [1.807, 2.05) is 85.4 Å². The fourth-order valence-corrected chi connectivity index (χ4v) is 6.50. The van der Waals surface area contributed by atoms with Gasteiger partial charge in [0.05, 0.1) is 17.9 Å². The SMILES string of the molecule is C/C=C(\CN1CCC1)C(=O)NCc1cccc([C@@H]2c3cnn(-c4ccccc4)c3N(CC)C(=O)[C@H]2NC(=O)c2ccn(C3CC3)n2)c1. The number of nitrogens with zero attached hydrogens (tertiary/aromatic N) is 6. The van der Waals surface area contributed by atoms with Gasteiger partial charge in [0.25, 0.3) is 11.8 Å². The summed E-state index contributed by atoms with van der Waals surface area (Å²) in [4.78, 5) is 45.0. The Hall–Kier alpha value is -5.03. The summed E-state index contributed by atoms with van der Waals surface area (Å²) < 4.78 is 3.62. The molecule has 11 heteroatoms. The Bertz CT molecular complexity index is 1820. The predicted molar refractivity (Wildman–Crippen MR) is 178 cm³/mol. The highest BCUT2D eigenvalue weighted by Crippen LogP contribution is 2.41. The molecule has 2 fully saturated rings. The average molecular weight is 633 g/mol. The molecule has 1 aliphatic carbocycles. The van der Waals surface area contributed by atoms with Gasteiger partial charge in [-0.1, -0.05) is 48.5 Å². The Kier molecular flexibility index (Phi) is 8.46. The zero-order chi connectivity index (χ0) is 32.5. The fourth-order valence-electron chi connectivity index (χ4n) is 6.50.